The van der Waals surface area contributed by atoms with E-state index in [1.54, 1.807) is 6.92 Å². The second-order valence-corrected chi connectivity index (χ2v) is 5.55. The number of rotatable bonds is 7. The van der Waals surface area contributed by atoms with E-state index >= 15 is 0 Å². The smallest absolute Gasteiger partial charge is 0.305 e. The van der Waals surface area contributed by atoms with Crippen LogP contribution in [0.4, 0.5) is 0 Å². The summed E-state index contributed by atoms with van der Waals surface area (Å²) in [5.41, 5.74) is 0. The van der Waals surface area contributed by atoms with Gasteiger partial charge in [-0.1, -0.05) is 26.7 Å². The standard InChI is InChI=1S/C15H26O3/c1-3-15(17)18-9-5-8-14(11-16)13-7-4-6-12(2)10-13/h11-14H,3-10H2,1-2H3. The molecule has 0 radical (unpaired) electrons. The average molecular weight is 254 g/mol. The zero-order valence-electron chi connectivity index (χ0n) is 11.7. The van der Waals surface area contributed by atoms with E-state index in [2.05, 4.69) is 6.92 Å². The van der Waals surface area contributed by atoms with E-state index in [-0.39, 0.29) is 11.9 Å². The van der Waals surface area contributed by atoms with Crippen molar-refractivity contribution in [1.82, 2.24) is 0 Å². The van der Waals surface area contributed by atoms with Crippen molar-refractivity contribution in [3.8, 4) is 0 Å². The Morgan fingerprint density at radius 1 is 1.44 bits per heavy atom. The molecule has 0 aromatic carbocycles. The van der Waals surface area contributed by atoms with Gasteiger partial charge in [0.15, 0.2) is 0 Å². The van der Waals surface area contributed by atoms with Gasteiger partial charge in [0.05, 0.1) is 6.61 Å². The molecule has 1 fully saturated rings. The van der Waals surface area contributed by atoms with Gasteiger partial charge < -0.3 is 9.53 Å². The van der Waals surface area contributed by atoms with Crippen LogP contribution < -0.4 is 0 Å². The van der Waals surface area contributed by atoms with Crippen LogP contribution in [-0.2, 0) is 14.3 Å². The van der Waals surface area contributed by atoms with Gasteiger partial charge in [-0.3, -0.25) is 4.79 Å². The van der Waals surface area contributed by atoms with Crippen LogP contribution >= 0.6 is 0 Å². The monoisotopic (exact) mass is 254 g/mol. The molecule has 0 amide bonds. The van der Waals surface area contributed by atoms with Crippen molar-refractivity contribution < 1.29 is 14.3 Å². The van der Waals surface area contributed by atoms with Crippen LogP contribution in [0.2, 0.25) is 0 Å². The van der Waals surface area contributed by atoms with Gasteiger partial charge >= 0.3 is 5.97 Å². The molecule has 0 aliphatic heterocycles. The topological polar surface area (TPSA) is 43.4 Å². The van der Waals surface area contributed by atoms with Crippen molar-refractivity contribution in [2.45, 2.75) is 58.8 Å². The Hall–Kier alpha value is -0.860. The number of hydrogen-bond donors (Lipinski definition) is 0. The lowest BCUT2D eigenvalue weighted by Gasteiger charge is -2.30. The lowest BCUT2D eigenvalue weighted by Crippen LogP contribution is -2.23. The maximum atomic E-state index is 11.2. The van der Waals surface area contributed by atoms with Crippen LogP contribution in [0.25, 0.3) is 0 Å². The van der Waals surface area contributed by atoms with Gasteiger partial charge in [0.2, 0.25) is 0 Å². The van der Waals surface area contributed by atoms with Gasteiger partial charge in [-0.25, -0.2) is 0 Å². The summed E-state index contributed by atoms with van der Waals surface area (Å²) >= 11 is 0. The minimum absolute atomic E-state index is 0.149. The van der Waals surface area contributed by atoms with Gasteiger partial charge in [-0.15, -0.1) is 0 Å². The molecule has 1 rings (SSSR count). The molecular formula is C15H26O3. The molecule has 0 saturated heterocycles. The van der Waals surface area contributed by atoms with Crippen molar-refractivity contribution in [1.29, 1.82) is 0 Å². The molecule has 0 aromatic rings. The first kappa shape index (κ1) is 15.2. The Morgan fingerprint density at radius 2 is 2.22 bits per heavy atom. The summed E-state index contributed by atoms with van der Waals surface area (Å²) in [6.45, 7) is 4.52. The molecule has 3 heteroatoms. The zero-order valence-corrected chi connectivity index (χ0v) is 11.7. The second-order valence-electron chi connectivity index (χ2n) is 5.55. The molecule has 3 nitrogen and oxygen atoms in total. The van der Waals surface area contributed by atoms with E-state index in [0.29, 0.717) is 18.9 Å². The first-order valence-electron chi connectivity index (χ1n) is 7.28. The number of aldehydes is 1. The van der Waals surface area contributed by atoms with Gasteiger partial charge in [0.25, 0.3) is 0 Å². The highest BCUT2D eigenvalue weighted by Gasteiger charge is 2.26. The van der Waals surface area contributed by atoms with E-state index in [9.17, 15) is 9.59 Å². The highest BCUT2D eigenvalue weighted by Crippen LogP contribution is 2.34. The Balaban J connectivity index is 2.24. The second kappa shape index (κ2) is 8.28. The molecule has 18 heavy (non-hydrogen) atoms. The largest absolute Gasteiger partial charge is 0.466 e. The first-order chi connectivity index (χ1) is 8.67. The molecule has 1 saturated carbocycles. The van der Waals surface area contributed by atoms with Crippen molar-refractivity contribution in [2.24, 2.45) is 17.8 Å². The maximum Gasteiger partial charge on any atom is 0.305 e. The minimum atomic E-state index is -0.149. The van der Waals surface area contributed by atoms with E-state index in [4.69, 9.17) is 4.74 Å². The van der Waals surface area contributed by atoms with Gasteiger partial charge in [0, 0.05) is 12.3 Å². The quantitative estimate of drug-likeness (QED) is 0.397. The van der Waals surface area contributed by atoms with Crippen molar-refractivity contribution in [3.63, 3.8) is 0 Å². The minimum Gasteiger partial charge on any atom is -0.466 e. The van der Waals surface area contributed by atoms with Crippen LogP contribution in [0.5, 0.6) is 0 Å². The molecular weight excluding hydrogens is 228 g/mol. The molecule has 3 atom stereocenters. The molecule has 0 aromatic heterocycles. The normalized spacial score (nSPS) is 25.4. The summed E-state index contributed by atoms with van der Waals surface area (Å²) in [5.74, 6) is 1.31. The summed E-state index contributed by atoms with van der Waals surface area (Å²) in [7, 11) is 0. The summed E-state index contributed by atoms with van der Waals surface area (Å²) in [6.07, 6.45) is 8.12. The molecule has 0 spiro atoms. The number of esters is 1. The molecule has 0 bridgehead atoms. The first-order valence-corrected chi connectivity index (χ1v) is 7.28. The van der Waals surface area contributed by atoms with Crippen LogP contribution in [0.15, 0.2) is 0 Å². The van der Waals surface area contributed by atoms with Gasteiger partial charge in [0.1, 0.15) is 6.29 Å². The number of hydrogen-bond acceptors (Lipinski definition) is 3. The van der Waals surface area contributed by atoms with Crippen molar-refractivity contribution >= 4 is 12.3 Å². The van der Waals surface area contributed by atoms with E-state index in [1.165, 1.54) is 25.7 Å². The fraction of sp³-hybridized carbons (Fsp3) is 0.867. The van der Waals surface area contributed by atoms with E-state index in [0.717, 1.165) is 25.0 Å². The molecule has 3 unspecified atom stereocenters. The van der Waals surface area contributed by atoms with E-state index < -0.39 is 0 Å². The third-order valence-electron chi connectivity index (χ3n) is 3.99. The van der Waals surface area contributed by atoms with Gasteiger partial charge in [-0.05, 0) is 37.5 Å². The fourth-order valence-electron chi connectivity index (χ4n) is 2.89. The third-order valence-corrected chi connectivity index (χ3v) is 3.99. The van der Waals surface area contributed by atoms with Crippen LogP contribution in [0.3, 0.4) is 0 Å². The number of carbonyl (C=O) groups is 2. The highest BCUT2D eigenvalue weighted by atomic mass is 16.5. The maximum absolute atomic E-state index is 11.2. The van der Waals surface area contributed by atoms with Crippen molar-refractivity contribution in [2.75, 3.05) is 6.61 Å². The fourth-order valence-corrected chi connectivity index (χ4v) is 2.89. The highest BCUT2D eigenvalue weighted by molar-refractivity contribution is 5.68. The predicted molar refractivity (Wildman–Crippen MR) is 71.2 cm³/mol. The van der Waals surface area contributed by atoms with Crippen LogP contribution in [0.1, 0.15) is 58.8 Å². The Bertz CT molecular complexity index is 262. The zero-order chi connectivity index (χ0) is 13.4. The summed E-state index contributed by atoms with van der Waals surface area (Å²) in [6, 6.07) is 0. The molecule has 0 heterocycles. The van der Waals surface area contributed by atoms with Crippen molar-refractivity contribution in [3.05, 3.63) is 0 Å². The third kappa shape index (κ3) is 5.19. The average Bonchev–Trinajstić information content (AvgIpc) is 2.38. The SMILES string of the molecule is CCC(=O)OCCCC(C=O)C1CCCC(C)C1. The summed E-state index contributed by atoms with van der Waals surface area (Å²) in [4.78, 5) is 22.2. The van der Waals surface area contributed by atoms with Crippen LogP contribution in [-0.4, -0.2) is 18.9 Å². The summed E-state index contributed by atoms with van der Waals surface area (Å²) < 4.78 is 5.04. The summed E-state index contributed by atoms with van der Waals surface area (Å²) in [5, 5.41) is 0. The Kier molecular flexibility index (Phi) is 6.99. The molecule has 104 valence electrons. The number of carbonyl (C=O) groups excluding carboxylic acids is 2. The van der Waals surface area contributed by atoms with E-state index in [1.807, 2.05) is 0 Å². The van der Waals surface area contributed by atoms with Gasteiger partial charge in [-0.2, -0.15) is 0 Å². The van der Waals surface area contributed by atoms with Crippen LogP contribution in [0, 0.1) is 17.8 Å². The molecule has 1 aliphatic rings. The number of ether oxygens (including phenoxy) is 1. The molecule has 1 aliphatic carbocycles. The lowest BCUT2D eigenvalue weighted by molar-refractivity contribution is -0.143. The Morgan fingerprint density at radius 3 is 2.83 bits per heavy atom. The Labute approximate surface area is 110 Å². The predicted octanol–water partition coefficient (Wildman–Crippen LogP) is 3.36. The lowest BCUT2D eigenvalue weighted by atomic mass is 9.75. The molecule has 0 N–H and O–H groups in total.